The fourth-order valence-electron chi connectivity index (χ4n) is 3.29. The van der Waals surface area contributed by atoms with E-state index in [1.165, 1.54) is 0 Å². The van der Waals surface area contributed by atoms with E-state index < -0.39 is 0 Å². The number of aryl methyl sites for hydroxylation is 1. The van der Waals surface area contributed by atoms with E-state index in [1.807, 2.05) is 49.9 Å². The molecule has 3 rings (SSSR count). The Hall–Kier alpha value is -2.43. The Morgan fingerprint density at radius 1 is 1.36 bits per heavy atom. The van der Waals surface area contributed by atoms with Crippen molar-refractivity contribution in [1.29, 1.82) is 0 Å². The van der Waals surface area contributed by atoms with Crippen molar-refractivity contribution in [2.75, 3.05) is 13.1 Å². The highest BCUT2D eigenvalue weighted by molar-refractivity contribution is 5.88. The van der Waals surface area contributed by atoms with Crippen LogP contribution in [-0.2, 0) is 11.2 Å². The lowest BCUT2D eigenvalue weighted by Crippen LogP contribution is -2.39. The number of benzene rings is 1. The van der Waals surface area contributed by atoms with Crippen molar-refractivity contribution in [1.82, 2.24) is 15.0 Å². The van der Waals surface area contributed by atoms with E-state index in [0.29, 0.717) is 17.6 Å². The van der Waals surface area contributed by atoms with Crippen LogP contribution in [0.4, 0.5) is 0 Å². The van der Waals surface area contributed by atoms with E-state index in [4.69, 9.17) is 4.52 Å². The van der Waals surface area contributed by atoms with Crippen molar-refractivity contribution < 1.29 is 9.32 Å². The maximum Gasteiger partial charge on any atom is 0.246 e. The molecule has 5 heteroatoms. The van der Waals surface area contributed by atoms with Crippen molar-refractivity contribution in [3.8, 4) is 11.4 Å². The second kappa shape index (κ2) is 7.64. The molecule has 0 saturated carbocycles. The van der Waals surface area contributed by atoms with Crippen molar-refractivity contribution in [3.05, 3.63) is 47.4 Å². The first kappa shape index (κ1) is 17.4. The van der Waals surface area contributed by atoms with Crippen molar-refractivity contribution in [2.24, 2.45) is 5.92 Å². The number of likely N-dealkylation sites (tertiary alicyclic amines) is 1. The molecule has 1 fully saturated rings. The van der Waals surface area contributed by atoms with Crippen LogP contribution in [0, 0.1) is 12.8 Å². The topological polar surface area (TPSA) is 59.2 Å². The predicted molar refractivity (Wildman–Crippen MR) is 96.9 cm³/mol. The predicted octanol–water partition coefficient (Wildman–Crippen LogP) is 3.79. The van der Waals surface area contributed by atoms with E-state index in [9.17, 15) is 4.79 Å². The Bertz CT molecular complexity index is 775. The Morgan fingerprint density at radius 3 is 2.92 bits per heavy atom. The first-order chi connectivity index (χ1) is 12.0. The third-order valence-electron chi connectivity index (χ3n) is 4.56. The molecule has 1 aromatic heterocycles. The van der Waals surface area contributed by atoms with E-state index in [0.717, 1.165) is 49.1 Å². The highest BCUT2D eigenvalue weighted by Gasteiger charge is 2.24. The first-order valence-electron chi connectivity index (χ1n) is 8.85. The maximum atomic E-state index is 12.2. The second-order valence-electron chi connectivity index (χ2n) is 7.04. The molecule has 1 aliphatic rings. The highest BCUT2D eigenvalue weighted by Crippen LogP contribution is 2.24. The minimum absolute atomic E-state index is 0.107. The van der Waals surface area contributed by atoms with E-state index in [1.54, 1.807) is 6.08 Å². The number of aromatic nitrogens is 2. The average Bonchev–Trinajstić information content (AvgIpc) is 3.03. The Balaban J connectivity index is 1.66. The van der Waals surface area contributed by atoms with Crippen LogP contribution < -0.4 is 0 Å². The molecule has 2 heterocycles. The molecular weight excluding hydrogens is 314 g/mol. The standard InChI is InChI=1S/C20H25N3O2/c1-14(2)11-19(24)23-10-6-8-16(13-23)12-18-21-20(22-25-18)17-9-5-4-7-15(17)3/h4-5,7,9,11,16H,6,8,10,12-13H2,1-3H3/t16-/m0/s1. The number of piperidine rings is 1. The summed E-state index contributed by atoms with van der Waals surface area (Å²) in [7, 11) is 0. The zero-order valence-corrected chi connectivity index (χ0v) is 15.2. The molecule has 1 aliphatic heterocycles. The molecule has 1 atom stereocenters. The molecule has 1 saturated heterocycles. The second-order valence-corrected chi connectivity index (χ2v) is 7.04. The fraction of sp³-hybridized carbons (Fsp3) is 0.450. The van der Waals surface area contributed by atoms with Gasteiger partial charge in [-0.1, -0.05) is 35.0 Å². The Morgan fingerprint density at radius 2 is 2.16 bits per heavy atom. The number of nitrogens with zero attached hydrogens (tertiary/aromatic N) is 3. The third kappa shape index (κ3) is 4.35. The lowest BCUT2D eigenvalue weighted by Gasteiger charge is -2.31. The zero-order chi connectivity index (χ0) is 17.8. The number of hydrogen-bond donors (Lipinski definition) is 0. The number of rotatable bonds is 4. The quantitative estimate of drug-likeness (QED) is 0.795. The smallest absolute Gasteiger partial charge is 0.246 e. The van der Waals surface area contributed by atoms with Gasteiger partial charge >= 0.3 is 0 Å². The molecule has 25 heavy (non-hydrogen) atoms. The lowest BCUT2D eigenvalue weighted by atomic mass is 9.94. The molecule has 2 aromatic rings. The maximum absolute atomic E-state index is 12.2. The summed E-state index contributed by atoms with van der Waals surface area (Å²) in [4.78, 5) is 18.7. The van der Waals surface area contributed by atoms with Gasteiger partial charge in [-0.25, -0.2) is 0 Å². The summed E-state index contributed by atoms with van der Waals surface area (Å²) in [6, 6.07) is 8.02. The molecule has 5 nitrogen and oxygen atoms in total. The third-order valence-corrected chi connectivity index (χ3v) is 4.56. The Kier molecular flexibility index (Phi) is 5.31. The SMILES string of the molecule is CC(C)=CC(=O)N1CCC[C@@H](Cc2nc(-c3ccccc3C)no2)C1. The molecule has 1 amide bonds. The van der Waals surface area contributed by atoms with Gasteiger partial charge in [-0.3, -0.25) is 4.79 Å². The van der Waals surface area contributed by atoms with Gasteiger partial charge in [0, 0.05) is 31.1 Å². The van der Waals surface area contributed by atoms with Crippen molar-refractivity contribution >= 4 is 5.91 Å². The van der Waals surface area contributed by atoms with Gasteiger partial charge in [0.2, 0.25) is 17.6 Å². The van der Waals surface area contributed by atoms with Crippen LogP contribution in [0.15, 0.2) is 40.4 Å². The normalized spacial score (nSPS) is 17.4. The molecule has 1 aromatic carbocycles. The van der Waals surface area contributed by atoms with Crippen LogP contribution in [0.5, 0.6) is 0 Å². The van der Waals surface area contributed by atoms with Crippen LogP contribution in [0.25, 0.3) is 11.4 Å². The lowest BCUT2D eigenvalue weighted by molar-refractivity contribution is -0.127. The van der Waals surface area contributed by atoms with E-state index >= 15 is 0 Å². The monoisotopic (exact) mass is 339 g/mol. The van der Waals surface area contributed by atoms with Gasteiger partial charge in [0.1, 0.15) is 0 Å². The van der Waals surface area contributed by atoms with Crippen LogP contribution >= 0.6 is 0 Å². The Labute approximate surface area is 148 Å². The van der Waals surface area contributed by atoms with Gasteiger partial charge in [0.05, 0.1) is 0 Å². The van der Waals surface area contributed by atoms with Gasteiger partial charge in [0.15, 0.2) is 0 Å². The van der Waals surface area contributed by atoms with Gasteiger partial charge in [-0.15, -0.1) is 0 Å². The first-order valence-corrected chi connectivity index (χ1v) is 8.85. The van der Waals surface area contributed by atoms with Crippen LogP contribution in [0.3, 0.4) is 0 Å². The molecule has 132 valence electrons. The van der Waals surface area contributed by atoms with Crippen LogP contribution in [0.1, 0.15) is 38.1 Å². The number of allylic oxidation sites excluding steroid dienone is 1. The summed E-state index contributed by atoms with van der Waals surface area (Å²) < 4.78 is 5.46. The molecule has 0 unspecified atom stereocenters. The summed E-state index contributed by atoms with van der Waals surface area (Å²) in [6.45, 7) is 7.52. The largest absolute Gasteiger partial charge is 0.339 e. The molecular formula is C20H25N3O2. The molecule has 0 aliphatic carbocycles. The number of amides is 1. The molecule has 0 radical (unpaired) electrons. The summed E-state index contributed by atoms with van der Waals surface area (Å²) in [5.74, 6) is 1.77. The van der Waals surface area contributed by atoms with Gasteiger partial charge in [0.25, 0.3) is 0 Å². The van der Waals surface area contributed by atoms with Gasteiger partial charge in [-0.05, 0) is 45.1 Å². The minimum atomic E-state index is 0.107. The molecule has 0 bridgehead atoms. The molecule has 0 spiro atoms. The highest BCUT2D eigenvalue weighted by atomic mass is 16.5. The van der Waals surface area contributed by atoms with Crippen molar-refractivity contribution in [3.63, 3.8) is 0 Å². The van der Waals surface area contributed by atoms with Crippen LogP contribution in [-0.4, -0.2) is 34.0 Å². The number of carbonyl (C=O) groups is 1. The van der Waals surface area contributed by atoms with Gasteiger partial charge < -0.3 is 9.42 Å². The molecule has 0 N–H and O–H groups in total. The van der Waals surface area contributed by atoms with Crippen LogP contribution in [0.2, 0.25) is 0 Å². The minimum Gasteiger partial charge on any atom is -0.339 e. The summed E-state index contributed by atoms with van der Waals surface area (Å²) in [6.07, 6.45) is 4.54. The van der Waals surface area contributed by atoms with Gasteiger partial charge in [-0.2, -0.15) is 4.98 Å². The van der Waals surface area contributed by atoms with E-state index in [2.05, 4.69) is 10.1 Å². The zero-order valence-electron chi connectivity index (χ0n) is 15.2. The van der Waals surface area contributed by atoms with E-state index in [-0.39, 0.29) is 5.91 Å². The summed E-state index contributed by atoms with van der Waals surface area (Å²) in [5, 5.41) is 4.13. The number of carbonyl (C=O) groups excluding carboxylic acids is 1. The average molecular weight is 339 g/mol. The number of hydrogen-bond acceptors (Lipinski definition) is 4. The fourth-order valence-corrected chi connectivity index (χ4v) is 3.29. The summed E-state index contributed by atoms with van der Waals surface area (Å²) in [5.41, 5.74) is 3.17. The summed E-state index contributed by atoms with van der Waals surface area (Å²) >= 11 is 0. The van der Waals surface area contributed by atoms with Crippen molar-refractivity contribution in [2.45, 2.75) is 40.0 Å².